The number of aliphatic hydroxyl groups is 2. The fourth-order valence-corrected chi connectivity index (χ4v) is 9.83. The highest BCUT2D eigenvalue weighted by molar-refractivity contribution is 5.88. The van der Waals surface area contributed by atoms with Crippen molar-refractivity contribution in [3.05, 3.63) is 23.3 Å². The van der Waals surface area contributed by atoms with E-state index < -0.39 is 89.0 Å². The summed E-state index contributed by atoms with van der Waals surface area (Å²) in [6.07, 6.45) is -3.00. The van der Waals surface area contributed by atoms with Crippen LogP contribution in [0.3, 0.4) is 0 Å². The Bertz CT molecular complexity index is 1350. The molecule has 0 unspecified atom stereocenters. The first-order valence-corrected chi connectivity index (χ1v) is 15.9. The molecule has 0 spiro atoms. The van der Waals surface area contributed by atoms with Crippen molar-refractivity contribution in [1.29, 1.82) is 0 Å². The van der Waals surface area contributed by atoms with Crippen molar-refractivity contribution >= 4 is 23.9 Å². The van der Waals surface area contributed by atoms with Crippen molar-refractivity contribution in [2.45, 2.75) is 124 Å². The molecule has 11 heteroatoms. The number of fused-ring (bicyclic) bond motifs is 2. The van der Waals surface area contributed by atoms with Gasteiger partial charge in [-0.2, -0.15) is 0 Å². The minimum absolute atomic E-state index is 0.0302. The highest BCUT2D eigenvalue weighted by Gasteiger charge is 2.88. The van der Waals surface area contributed by atoms with Gasteiger partial charge >= 0.3 is 23.9 Å². The monoisotopic (exact) mass is 632 g/mol. The molecule has 250 valence electrons. The number of allylic oxidation sites excluding steroid dienone is 2. The smallest absolute Gasteiger partial charge is 0.334 e. The maximum atomic E-state index is 13.6. The van der Waals surface area contributed by atoms with Crippen LogP contribution in [-0.2, 0) is 42.9 Å². The van der Waals surface area contributed by atoms with Crippen molar-refractivity contribution in [3.63, 3.8) is 0 Å². The lowest BCUT2D eigenvalue weighted by atomic mass is 9.56. The van der Waals surface area contributed by atoms with Crippen LogP contribution in [0.2, 0.25) is 0 Å². The molecule has 45 heavy (non-hydrogen) atoms. The van der Waals surface area contributed by atoms with Gasteiger partial charge in [-0.25, -0.2) is 9.59 Å². The van der Waals surface area contributed by atoms with Crippen LogP contribution in [0.1, 0.15) is 82.1 Å². The zero-order valence-corrected chi connectivity index (χ0v) is 27.9. The van der Waals surface area contributed by atoms with Crippen molar-refractivity contribution in [1.82, 2.24) is 0 Å². The normalized spacial score (nSPS) is 46.1. The summed E-state index contributed by atoms with van der Waals surface area (Å²) >= 11 is 0. The number of rotatable bonds is 6. The molecule has 1 heterocycles. The van der Waals surface area contributed by atoms with Crippen LogP contribution in [0.15, 0.2) is 23.3 Å². The minimum atomic E-state index is -1.78. The van der Waals surface area contributed by atoms with E-state index in [1.54, 1.807) is 46.8 Å². The van der Waals surface area contributed by atoms with Crippen molar-refractivity contribution in [2.75, 3.05) is 0 Å². The number of hydrogen-bond donors (Lipinski definition) is 2. The van der Waals surface area contributed by atoms with Crippen LogP contribution in [0.5, 0.6) is 0 Å². The molecule has 5 rings (SSSR count). The zero-order valence-electron chi connectivity index (χ0n) is 27.9. The van der Waals surface area contributed by atoms with E-state index in [2.05, 4.69) is 13.8 Å². The summed E-state index contributed by atoms with van der Waals surface area (Å²) in [5.74, 6) is -5.05. The van der Waals surface area contributed by atoms with E-state index in [1.807, 2.05) is 6.92 Å². The Kier molecular flexibility index (Phi) is 8.14. The number of ether oxygens (including phenoxy) is 5. The molecule has 5 aliphatic rings. The second-order valence-corrected chi connectivity index (χ2v) is 14.7. The Balaban J connectivity index is 1.84. The summed E-state index contributed by atoms with van der Waals surface area (Å²) in [5, 5.41) is 24.9. The Hall–Kier alpha value is -2.76. The largest absolute Gasteiger partial charge is 0.462 e. The SMILES string of the molecule is C/C=C(/C)C(=O)O[C@]12C[C@H](C)[C@H](OC(C)=O)[C@@H]1[C@@H](OC(C)=O)[C@@]13[C@@H](O)O[C@@](C)([C@H]2O)[C@@H]1[C@@H]1[C@H](C[C@H]3OC(=O)/C(C)=C/C)C1(C)C. The van der Waals surface area contributed by atoms with Crippen LogP contribution in [0, 0.1) is 40.4 Å². The van der Waals surface area contributed by atoms with Gasteiger partial charge in [-0.05, 0) is 70.6 Å². The summed E-state index contributed by atoms with van der Waals surface area (Å²) in [7, 11) is 0. The fraction of sp³-hybridized carbons (Fsp3) is 0.765. The van der Waals surface area contributed by atoms with Crippen LogP contribution in [0.25, 0.3) is 0 Å². The topological polar surface area (TPSA) is 155 Å². The number of carbonyl (C=O) groups excluding carboxylic acids is 4. The molecule has 5 fully saturated rings. The van der Waals surface area contributed by atoms with E-state index in [0.29, 0.717) is 12.0 Å². The minimum Gasteiger partial charge on any atom is -0.462 e. The lowest BCUT2D eigenvalue weighted by Crippen LogP contribution is -2.66. The second kappa shape index (κ2) is 10.9. The summed E-state index contributed by atoms with van der Waals surface area (Å²) < 4.78 is 31.2. The first kappa shape index (κ1) is 33.6. The number of aliphatic hydroxyl groups excluding tert-OH is 2. The molecule has 11 nitrogen and oxygen atoms in total. The van der Waals surface area contributed by atoms with Gasteiger partial charge in [0.1, 0.15) is 35.4 Å². The molecule has 0 aromatic rings. The van der Waals surface area contributed by atoms with Gasteiger partial charge in [0.25, 0.3) is 0 Å². The van der Waals surface area contributed by atoms with Gasteiger partial charge in [0.2, 0.25) is 0 Å². The number of carbonyl (C=O) groups is 4. The predicted molar refractivity (Wildman–Crippen MR) is 159 cm³/mol. The molecule has 0 aromatic carbocycles. The van der Waals surface area contributed by atoms with Crippen molar-refractivity contribution < 1.29 is 53.1 Å². The molecular formula is C34H48O11. The van der Waals surface area contributed by atoms with E-state index in [1.165, 1.54) is 13.8 Å². The molecule has 1 saturated heterocycles. The third kappa shape index (κ3) is 4.54. The average molecular weight is 633 g/mol. The van der Waals surface area contributed by atoms with Crippen LogP contribution in [0.4, 0.5) is 0 Å². The van der Waals surface area contributed by atoms with E-state index >= 15 is 0 Å². The highest BCUT2D eigenvalue weighted by atomic mass is 16.7. The van der Waals surface area contributed by atoms with E-state index in [9.17, 15) is 29.4 Å². The standard InChI is InChI=1S/C34H48O11/c1-11-15(3)27(37)43-21-13-20-22(31(20,8)9)25-32(10)29(39)33(44-28(38)16(4)12-2)14-17(5)24(41-18(6)35)23(33)26(42-19(7)36)34(21,25)30(40)45-32/h11-12,17,20-26,29-30,39-40H,13-14H2,1-10H3/b15-11+,16-12-/t17-,20-,21+,22-,23+,24-,25-,26+,29+,30-,32+,33+,34-/m0/s1. The van der Waals surface area contributed by atoms with Gasteiger partial charge in [-0.15, -0.1) is 0 Å². The van der Waals surface area contributed by atoms with Gasteiger partial charge in [0, 0.05) is 30.9 Å². The first-order valence-electron chi connectivity index (χ1n) is 15.9. The summed E-state index contributed by atoms with van der Waals surface area (Å²) in [5.41, 5.74) is -4.62. The third-order valence-corrected chi connectivity index (χ3v) is 12.1. The summed E-state index contributed by atoms with van der Waals surface area (Å²) in [4.78, 5) is 52.7. The van der Waals surface area contributed by atoms with Gasteiger partial charge in [0.15, 0.2) is 11.9 Å². The lowest BCUT2D eigenvalue weighted by molar-refractivity contribution is -0.286. The second-order valence-electron chi connectivity index (χ2n) is 14.7. The Morgan fingerprint density at radius 1 is 0.844 bits per heavy atom. The summed E-state index contributed by atoms with van der Waals surface area (Å²) in [6.45, 7) is 16.8. The molecule has 2 bridgehead atoms. The molecule has 13 atom stereocenters. The average Bonchev–Trinajstić information content (AvgIpc) is 3.26. The maximum Gasteiger partial charge on any atom is 0.334 e. The van der Waals surface area contributed by atoms with Crippen molar-refractivity contribution in [3.8, 4) is 0 Å². The molecule has 4 saturated carbocycles. The van der Waals surface area contributed by atoms with Crippen LogP contribution in [-0.4, -0.2) is 76.0 Å². The summed E-state index contributed by atoms with van der Waals surface area (Å²) in [6, 6.07) is 0. The quantitative estimate of drug-likeness (QED) is 0.252. The zero-order chi connectivity index (χ0) is 33.6. The number of esters is 4. The molecule has 2 N–H and O–H groups in total. The fourth-order valence-electron chi connectivity index (χ4n) is 9.83. The van der Waals surface area contributed by atoms with Gasteiger partial charge in [-0.1, -0.05) is 32.9 Å². The van der Waals surface area contributed by atoms with Crippen molar-refractivity contribution in [2.24, 2.45) is 40.4 Å². The molecule has 1 aliphatic heterocycles. The Morgan fingerprint density at radius 2 is 1.42 bits per heavy atom. The lowest BCUT2D eigenvalue weighted by Gasteiger charge is -2.52. The van der Waals surface area contributed by atoms with E-state index in [-0.39, 0.29) is 29.2 Å². The molecule has 0 aromatic heterocycles. The van der Waals surface area contributed by atoms with Gasteiger partial charge in [0.05, 0.1) is 5.92 Å². The van der Waals surface area contributed by atoms with Gasteiger partial charge in [-0.3, -0.25) is 9.59 Å². The molecular weight excluding hydrogens is 584 g/mol. The highest BCUT2D eigenvalue weighted by Crippen LogP contribution is 2.79. The Morgan fingerprint density at radius 3 is 1.98 bits per heavy atom. The van der Waals surface area contributed by atoms with E-state index in [0.717, 1.165) is 0 Å². The van der Waals surface area contributed by atoms with Crippen LogP contribution < -0.4 is 0 Å². The maximum absolute atomic E-state index is 13.6. The van der Waals surface area contributed by atoms with Crippen LogP contribution >= 0.6 is 0 Å². The third-order valence-electron chi connectivity index (χ3n) is 12.1. The number of hydrogen-bond acceptors (Lipinski definition) is 11. The molecule has 0 amide bonds. The first-order chi connectivity index (χ1) is 20.9. The predicted octanol–water partition coefficient (Wildman–Crippen LogP) is 3.39. The Labute approximate surface area is 264 Å². The molecule has 0 radical (unpaired) electrons. The molecule has 4 aliphatic carbocycles. The van der Waals surface area contributed by atoms with Gasteiger partial charge < -0.3 is 33.9 Å². The van der Waals surface area contributed by atoms with E-state index in [4.69, 9.17) is 23.7 Å².